The van der Waals surface area contributed by atoms with Crippen LogP contribution in [0.1, 0.15) is 5.56 Å². The van der Waals surface area contributed by atoms with Gasteiger partial charge >= 0.3 is 5.97 Å². The molecule has 0 radical (unpaired) electrons. The van der Waals surface area contributed by atoms with Crippen molar-refractivity contribution < 1.29 is 18.7 Å². The predicted octanol–water partition coefficient (Wildman–Crippen LogP) is 2.12. The lowest BCUT2D eigenvalue weighted by Crippen LogP contribution is -2.31. The standard InChI is InChI=1S/C13H13ClFNO3/c1-16(8-13(18)19-2)12(17)7-6-9-10(14)4-3-5-11(9)15/h3-7H,8H2,1-2H3/b7-6+. The van der Waals surface area contributed by atoms with Crippen LogP contribution in [0.25, 0.3) is 6.08 Å². The van der Waals surface area contributed by atoms with Crippen molar-refractivity contribution in [1.82, 2.24) is 4.90 Å². The van der Waals surface area contributed by atoms with Gasteiger partial charge in [0.15, 0.2) is 0 Å². The van der Waals surface area contributed by atoms with Crippen LogP contribution in [0, 0.1) is 5.82 Å². The van der Waals surface area contributed by atoms with E-state index in [0.717, 1.165) is 11.0 Å². The Balaban J connectivity index is 2.76. The van der Waals surface area contributed by atoms with Gasteiger partial charge in [0, 0.05) is 18.7 Å². The van der Waals surface area contributed by atoms with E-state index in [1.54, 1.807) is 0 Å². The number of carbonyl (C=O) groups is 2. The highest BCUT2D eigenvalue weighted by molar-refractivity contribution is 6.32. The number of benzene rings is 1. The summed E-state index contributed by atoms with van der Waals surface area (Å²) in [4.78, 5) is 23.8. The van der Waals surface area contributed by atoms with E-state index in [4.69, 9.17) is 11.6 Å². The van der Waals surface area contributed by atoms with Crippen molar-refractivity contribution >= 4 is 29.6 Å². The fourth-order valence-electron chi connectivity index (χ4n) is 1.29. The molecule has 0 bridgehead atoms. The van der Waals surface area contributed by atoms with Crippen LogP contribution in [-0.4, -0.2) is 37.5 Å². The van der Waals surface area contributed by atoms with Crippen molar-refractivity contribution in [3.8, 4) is 0 Å². The second-order valence-electron chi connectivity index (χ2n) is 3.74. The molecule has 19 heavy (non-hydrogen) atoms. The molecule has 4 nitrogen and oxygen atoms in total. The number of likely N-dealkylation sites (N-methyl/N-ethyl adjacent to an activating group) is 1. The van der Waals surface area contributed by atoms with E-state index in [1.807, 2.05) is 0 Å². The molecular formula is C13H13ClFNO3. The van der Waals surface area contributed by atoms with Crippen LogP contribution < -0.4 is 0 Å². The molecule has 0 aliphatic heterocycles. The fourth-order valence-corrected chi connectivity index (χ4v) is 1.51. The van der Waals surface area contributed by atoms with E-state index in [0.29, 0.717) is 0 Å². The maximum Gasteiger partial charge on any atom is 0.325 e. The van der Waals surface area contributed by atoms with Gasteiger partial charge in [0.05, 0.1) is 12.1 Å². The number of hydrogen-bond acceptors (Lipinski definition) is 3. The average Bonchev–Trinajstić information content (AvgIpc) is 2.37. The lowest BCUT2D eigenvalue weighted by molar-refractivity contribution is -0.144. The van der Waals surface area contributed by atoms with Gasteiger partial charge in [-0.1, -0.05) is 17.7 Å². The Morgan fingerprint density at radius 1 is 1.47 bits per heavy atom. The van der Waals surface area contributed by atoms with E-state index in [9.17, 15) is 14.0 Å². The summed E-state index contributed by atoms with van der Waals surface area (Å²) in [5, 5.41) is 0.208. The summed E-state index contributed by atoms with van der Waals surface area (Å²) in [6.07, 6.45) is 2.42. The van der Waals surface area contributed by atoms with E-state index in [1.165, 1.54) is 38.4 Å². The molecule has 1 amide bonds. The molecule has 0 unspecified atom stereocenters. The van der Waals surface area contributed by atoms with Crippen LogP contribution in [0.4, 0.5) is 4.39 Å². The van der Waals surface area contributed by atoms with Crippen molar-refractivity contribution in [3.63, 3.8) is 0 Å². The summed E-state index contributed by atoms with van der Waals surface area (Å²) in [5.41, 5.74) is 0.129. The number of rotatable bonds is 4. The predicted molar refractivity (Wildman–Crippen MR) is 70.1 cm³/mol. The Morgan fingerprint density at radius 3 is 2.74 bits per heavy atom. The summed E-state index contributed by atoms with van der Waals surface area (Å²) in [5.74, 6) is -1.51. The van der Waals surface area contributed by atoms with Gasteiger partial charge in [0.1, 0.15) is 12.4 Å². The average molecular weight is 286 g/mol. The van der Waals surface area contributed by atoms with Crippen LogP contribution in [0.5, 0.6) is 0 Å². The second kappa shape index (κ2) is 6.89. The molecule has 0 N–H and O–H groups in total. The molecule has 1 aromatic rings. The van der Waals surface area contributed by atoms with Crippen molar-refractivity contribution in [2.45, 2.75) is 0 Å². The Kier molecular flexibility index (Phi) is 5.51. The molecule has 0 atom stereocenters. The Hall–Kier alpha value is -1.88. The number of methoxy groups -OCH3 is 1. The highest BCUT2D eigenvalue weighted by atomic mass is 35.5. The maximum atomic E-state index is 13.4. The quantitative estimate of drug-likeness (QED) is 0.629. The maximum absolute atomic E-state index is 13.4. The van der Waals surface area contributed by atoms with E-state index < -0.39 is 17.7 Å². The van der Waals surface area contributed by atoms with Gasteiger partial charge in [-0.05, 0) is 18.2 Å². The van der Waals surface area contributed by atoms with Crippen LogP contribution in [0.15, 0.2) is 24.3 Å². The molecular weight excluding hydrogens is 273 g/mol. The van der Waals surface area contributed by atoms with Gasteiger partial charge in [-0.25, -0.2) is 4.39 Å². The van der Waals surface area contributed by atoms with Gasteiger partial charge < -0.3 is 9.64 Å². The van der Waals surface area contributed by atoms with Gasteiger partial charge in [0.25, 0.3) is 0 Å². The van der Waals surface area contributed by atoms with E-state index in [2.05, 4.69) is 4.74 Å². The SMILES string of the molecule is COC(=O)CN(C)C(=O)/C=C/c1c(F)cccc1Cl. The molecule has 0 heterocycles. The molecule has 0 fully saturated rings. The minimum atomic E-state index is -0.534. The Morgan fingerprint density at radius 2 is 2.16 bits per heavy atom. The second-order valence-corrected chi connectivity index (χ2v) is 4.15. The molecule has 0 saturated carbocycles. The smallest absolute Gasteiger partial charge is 0.325 e. The third-order valence-electron chi connectivity index (χ3n) is 2.36. The van der Waals surface area contributed by atoms with E-state index in [-0.39, 0.29) is 17.1 Å². The molecule has 102 valence electrons. The fraction of sp³-hybridized carbons (Fsp3) is 0.231. The van der Waals surface area contributed by atoms with Gasteiger partial charge in [-0.15, -0.1) is 0 Å². The lowest BCUT2D eigenvalue weighted by atomic mass is 10.2. The number of amides is 1. The minimum absolute atomic E-state index is 0.129. The third-order valence-corrected chi connectivity index (χ3v) is 2.69. The largest absolute Gasteiger partial charge is 0.468 e. The summed E-state index contributed by atoms with van der Waals surface area (Å²) in [6, 6.07) is 4.24. The molecule has 1 aromatic carbocycles. The van der Waals surface area contributed by atoms with Crippen molar-refractivity contribution in [3.05, 3.63) is 40.7 Å². The number of hydrogen-bond donors (Lipinski definition) is 0. The number of carbonyl (C=O) groups excluding carboxylic acids is 2. The van der Waals surface area contributed by atoms with E-state index >= 15 is 0 Å². The first-order chi connectivity index (χ1) is 8.95. The van der Waals surface area contributed by atoms with Crippen LogP contribution in [0.2, 0.25) is 5.02 Å². The number of ether oxygens (including phenoxy) is 1. The van der Waals surface area contributed by atoms with Crippen LogP contribution in [-0.2, 0) is 14.3 Å². The number of halogens is 2. The molecule has 0 aliphatic rings. The molecule has 0 spiro atoms. The molecule has 1 rings (SSSR count). The van der Waals surface area contributed by atoms with Gasteiger partial charge in [-0.2, -0.15) is 0 Å². The molecule has 0 aliphatic carbocycles. The zero-order valence-corrected chi connectivity index (χ0v) is 11.3. The first kappa shape index (κ1) is 15.2. The monoisotopic (exact) mass is 285 g/mol. The normalized spacial score (nSPS) is 10.5. The van der Waals surface area contributed by atoms with Crippen molar-refractivity contribution in [2.75, 3.05) is 20.7 Å². The van der Waals surface area contributed by atoms with Crippen LogP contribution in [0.3, 0.4) is 0 Å². The number of esters is 1. The molecule has 0 aromatic heterocycles. The van der Waals surface area contributed by atoms with Gasteiger partial charge in [0.2, 0.25) is 5.91 Å². The Bertz CT molecular complexity index is 496. The van der Waals surface area contributed by atoms with Crippen molar-refractivity contribution in [2.24, 2.45) is 0 Å². The molecule has 6 heteroatoms. The highest BCUT2D eigenvalue weighted by Gasteiger charge is 2.11. The zero-order chi connectivity index (χ0) is 14.4. The molecule has 0 saturated heterocycles. The van der Waals surface area contributed by atoms with Crippen molar-refractivity contribution in [1.29, 1.82) is 0 Å². The first-order valence-electron chi connectivity index (χ1n) is 5.39. The number of nitrogens with zero attached hydrogens (tertiary/aromatic N) is 1. The third kappa shape index (κ3) is 4.37. The van der Waals surface area contributed by atoms with Gasteiger partial charge in [-0.3, -0.25) is 9.59 Å². The summed E-state index contributed by atoms with van der Waals surface area (Å²) in [6.45, 7) is -0.176. The lowest BCUT2D eigenvalue weighted by Gasteiger charge is -2.12. The topological polar surface area (TPSA) is 46.6 Å². The zero-order valence-electron chi connectivity index (χ0n) is 10.5. The van der Waals surface area contributed by atoms with Crippen LogP contribution >= 0.6 is 11.6 Å². The first-order valence-corrected chi connectivity index (χ1v) is 5.77. The summed E-state index contributed by atoms with van der Waals surface area (Å²) < 4.78 is 17.9. The summed E-state index contributed by atoms with van der Waals surface area (Å²) >= 11 is 5.81. The Labute approximate surface area is 115 Å². The minimum Gasteiger partial charge on any atom is -0.468 e. The highest BCUT2D eigenvalue weighted by Crippen LogP contribution is 2.20. The summed E-state index contributed by atoms with van der Waals surface area (Å²) in [7, 11) is 2.67.